The molecule has 3 aromatic carbocycles. The van der Waals surface area contributed by atoms with Crippen LogP contribution in [0.1, 0.15) is 15.9 Å². The maximum absolute atomic E-state index is 12.1. The van der Waals surface area contributed by atoms with Gasteiger partial charge in [-0.15, -0.1) is 0 Å². The van der Waals surface area contributed by atoms with Crippen LogP contribution in [0.15, 0.2) is 72.8 Å². The van der Waals surface area contributed by atoms with Gasteiger partial charge in [-0.2, -0.15) is 5.26 Å². The molecule has 24 heavy (non-hydrogen) atoms. The van der Waals surface area contributed by atoms with Gasteiger partial charge in [0.15, 0.2) is 0 Å². The van der Waals surface area contributed by atoms with E-state index in [0.717, 1.165) is 14.7 Å². The number of carbonyl (C=O) groups excluding carboxylic acids is 1. The predicted molar refractivity (Wildman–Crippen MR) is 101 cm³/mol. The minimum atomic E-state index is -0.377. The summed E-state index contributed by atoms with van der Waals surface area (Å²) in [5.74, 6) is 0.119. The summed E-state index contributed by atoms with van der Waals surface area (Å²) < 4.78 is 6.45. The summed E-state index contributed by atoms with van der Waals surface area (Å²) in [7, 11) is 0. The normalized spacial score (nSPS) is 10.0. The van der Waals surface area contributed by atoms with Crippen LogP contribution >= 0.6 is 22.6 Å². The molecule has 0 atom stereocenters. The van der Waals surface area contributed by atoms with Crippen molar-refractivity contribution in [1.82, 2.24) is 0 Å². The van der Waals surface area contributed by atoms with Crippen molar-refractivity contribution in [3.63, 3.8) is 0 Å². The summed E-state index contributed by atoms with van der Waals surface area (Å²) in [6, 6.07) is 24.0. The van der Waals surface area contributed by atoms with Crippen molar-refractivity contribution in [1.29, 1.82) is 5.26 Å². The number of ether oxygens (including phenoxy) is 1. The number of hydrogen-bond acceptors (Lipinski definition) is 3. The molecule has 3 nitrogen and oxygen atoms in total. The zero-order valence-electron chi connectivity index (χ0n) is 12.6. The second-order valence-electron chi connectivity index (χ2n) is 5.11. The maximum atomic E-state index is 12.1. The second kappa shape index (κ2) is 7.28. The Morgan fingerprint density at radius 1 is 0.833 bits per heavy atom. The number of nitriles is 1. The first-order valence-corrected chi connectivity index (χ1v) is 8.32. The molecule has 0 aliphatic heterocycles. The highest BCUT2D eigenvalue weighted by molar-refractivity contribution is 14.1. The molecule has 0 aromatic heterocycles. The van der Waals surface area contributed by atoms with Gasteiger partial charge in [0.1, 0.15) is 5.75 Å². The van der Waals surface area contributed by atoms with Crippen LogP contribution in [-0.4, -0.2) is 5.97 Å². The van der Waals surface area contributed by atoms with E-state index in [2.05, 4.69) is 28.7 Å². The van der Waals surface area contributed by atoms with E-state index < -0.39 is 0 Å². The maximum Gasteiger partial charge on any atom is 0.343 e. The third-order valence-corrected chi connectivity index (χ3v) is 4.21. The average molecular weight is 425 g/mol. The van der Waals surface area contributed by atoms with Gasteiger partial charge in [0, 0.05) is 3.57 Å². The smallest absolute Gasteiger partial charge is 0.343 e. The van der Waals surface area contributed by atoms with Crippen LogP contribution < -0.4 is 4.74 Å². The first-order valence-electron chi connectivity index (χ1n) is 7.24. The van der Waals surface area contributed by atoms with Crippen molar-refractivity contribution in [2.45, 2.75) is 0 Å². The van der Waals surface area contributed by atoms with Gasteiger partial charge in [-0.3, -0.25) is 0 Å². The number of benzene rings is 3. The lowest BCUT2D eigenvalue weighted by molar-refractivity contribution is 0.0735. The number of carbonyl (C=O) groups is 1. The van der Waals surface area contributed by atoms with E-state index in [-0.39, 0.29) is 5.97 Å². The number of rotatable bonds is 3. The molecule has 0 radical (unpaired) electrons. The van der Waals surface area contributed by atoms with Gasteiger partial charge in [-0.1, -0.05) is 24.3 Å². The van der Waals surface area contributed by atoms with Crippen LogP contribution in [0.2, 0.25) is 0 Å². The number of nitrogens with zero attached hydrogens (tertiary/aromatic N) is 1. The largest absolute Gasteiger partial charge is 0.423 e. The van der Waals surface area contributed by atoms with E-state index in [1.807, 2.05) is 36.4 Å². The Hall–Kier alpha value is -2.65. The zero-order valence-corrected chi connectivity index (χ0v) is 14.7. The van der Waals surface area contributed by atoms with Gasteiger partial charge in [0.2, 0.25) is 0 Å². The lowest BCUT2D eigenvalue weighted by atomic mass is 10.0. The second-order valence-corrected chi connectivity index (χ2v) is 6.36. The predicted octanol–water partition coefficient (Wildman–Crippen LogP) is 5.05. The number of hydrogen-bond donors (Lipinski definition) is 0. The molecule has 0 aliphatic carbocycles. The third-order valence-electron chi connectivity index (χ3n) is 3.49. The Bertz CT molecular complexity index is 892. The third kappa shape index (κ3) is 3.81. The van der Waals surface area contributed by atoms with E-state index in [1.165, 1.54) is 0 Å². The fourth-order valence-electron chi connectivity index (χ4n) is 2.20. The Kier molecular flexibility index (Phi) is 4.92. The molecule has 0 unspecified atom stereocenters. The lowest BCUT2D eigenvalue weighted by Crippen LogP contribution is -2.08. The van der Waals surface area contributed by atoms with Gasteiger partial charge in [-0.05, 0) is 82.2 Å². The average Bonchev–Trinajstić information content (AvgIpc) is 2.63. The fourth-order valence-corrected chi connectivity index (χ4v) is 2.56. The van der Waals surface area contributed by atoms with Gasteiger partial charge in [0.05, 0.1) is 17.2 Å². The summed E-state index contributed by atoms with van der Waals surface area (Å²) >= 11 is 2.19. The minimum Gasteiger partial charge on any atom is -0.423 e. The van der Waals surface area contributed by atoms with Crippen molar-refractivity contribution < 1.29 is 9.53 Å². The summed E-state index contributed by atoms with van der Waals surface area (Å²) in [4.78, 5) is 12.1. The molecule has 0 amide bonds. The van der Waals surface area contributed by atoms with E-state index in [0.29, 0.717) is 16.9 Å². The van der Waals surface area contributed by atoms with E-state index in [9.17, 15) is 4.79 Å². The molecule has 3 rings (SSSR count). The van der Waals surface area contributed by atoms with E-state index in [4.69, 9.17) is 10.00 Å². The fraction of sp³-hybridized carbons (Fsp3) is 0. The van der Waals surface area contributed by atoms with Crippen LogP contribution in [0, 0.1) is 14.9 Å². The highest BCUT2D eigenvalue weighted by Gasteiger charge is 2.08. The zero-order chi connectivity index (χ0) is 16.9. The summed E-state index contributed by atoms with van der Waals surface area (Å²) in [5.41, 5.74) is 3.14. The van der Waals surface area contributed by atoms with Crippen LogP contribution in [-0.2, 0) is 0 Å². The Morgan fingerprint density at radius 3 is 1.92 bits per heavy atom. The molecule has 4 heteroatoms. The molecule has 3 aromatic rings. The molecule has 0 bridgehead atoms. The van der Waals surface area contributed by atoms with Gasteiger partial charge < -0.3 is 4.74 Å². The summed E-state index contributed by atoms with van der Waals surface area (Å²) in [6.45, 7) is 0. The lowest BCUT2D eigenvalue weighted by Gasteiger charge is -2.06. The van der Waals surface area contributed by atoms with Crippen molar-refractivity contribution in [3.05, 3.63) is 87.5 Å². The summed E-state index contributed by atoms with van der Waals surface area (Å²) in [5, 5.41) is 8.83. The van der Waals surface area contributed by atoms with Gasteiger partial charge >= 0.3 is 5.97 Å². The highest BCUT2D eigenvalue weighted by Crippen LogP contribution is 2.23. The molecule has 0 saturated carbocycles. The standard InChI is InChI=1S/C20H12INO2/c21-18-9-5-17(6-10-18)20(23)24-19-11-7-16(8-12-19)15-3-1-14(13-22)2-4-15/h1-12H. The van der Waals surface area contributed by atoms with Crippen LogP contribution in [0.3, 0.4) is 0 Å². The van der Waals surface area contributed by atoms with Gasteiger partial charge in [0.25, 0.3) is 0 Å². The van der Waals surface area contributed by atoms with Crippen LogP contribution in [0.4, 0.5) is 0 Å². The topological polar surface area (TPSA) is 50.1 Å². The molecular weight excluding hydrogens is 413 g/mol. The first-order chi connectivity index (χ1) is 11.7. The molecule has 0 fully saturated rings. The van der Waals surface area contributed by atoms with Crippen LogP contribution in [0.25, 0.3) is 11.1 Å². The highest BCUT2D eigenvalue weighted by atomic mass is 127. The summed E-state index contributed by atoms with van der Waals surface area (Å²) in [6.07, 6.45) is 0. The quantitative estimate of drug-likeness (QED) is 0.335. The van der Waals surface area contributed by atoms with Crippen molar-refractivity contribution in [2.24, 2.45) is 0 Å². The molecular formula is C20H12INO2. The van der Waals surface area contributed by atoms with E-state index >= 15 is 0 Å². The monoisotopic (exact) mass is 425 g/mol. The molecule has 0 heterocycles. The molecule has 0 N–H and O–H groups in total. The SMILES string of the molecule is N#Cc1ccc(-c2ccc(OC(=O)c3ccc(I)cc3)cc2)cc1. The van der Waals surface area contributed by atoms with Gasteiger partial charge in [-0.25, -0.2) is 4.79 Å². The van der Waals surface area contributed by atoms with Crippen molar-refractivity contribution in [2.75, 3.05) is 0 Å². The number of esters is 1. The number of halogens is 1. The Morgan fingerprint density at radius 2 is 1.38 bits per heavy atom. The Balaban J connectivity index is 1.73. The molecule has 116 valence electrons. The minimum absolute atomic E-state index is 0.377. The van der Waals surface area contributed by atoms with Crippen molar-refractivity contribution in [3.8, 4) is 22.9 Å². The van der Waals surface area contributed by atoms with Crippen molar-refractivity contribution >= 4 is 28.6 Å². The first kappa shape index (κ1) is 16.2. The molecule has 0 spiro atoms. The van der Waals surface area contributed by atoms with Crippen LogP contribution in [0.5, 0.6) is 5.75 Å². The molecule has 0 aliphatic rings. The van der Waals surface area contributed by atoms with E-state index in [1.54, 1.807) is 36.4 Å². The Labute approximate surface area is 153 Å². The molecule has 0 saturated heterocycles.